The molecule has 7 nitrogen and oxygen atoms in total. The van der Waals surface area contributed by atoms with E-state index in [2.05, 4.69) is 10.4 Å². The van der Waals surface area contributed by atoms with Crippen molar-refractivity contribution >= 4 is 34.7 Å². The summed E-state index contributed by atoms with van der Waals surface area (Å²) in [6.07, 6.45) is 2.50. The van der Waals surface area contributed by atoms with Gasteiger partial charge in [0.25, 0.3) is 5.91 Å². The Bertz CT molecular complexity index is 1160. The molecule has 0 aliphatic heterocycles. The maximum atomic E-state index is 12.9. The largest absolute Gasteiger partial charge is 0.465 e. The number of thiophene rings is 1. The number of amides is 2. The number of carbonyl (C=O) groups is 2. The molecule has 2 N–H and O–H groups in total. The highest BCUT2D eigenvalue weighted by atomic mass is 32.1. The molecule has 2 aromatic carbocycles. The molecule has 4 aromatic rings. The molecular weight excluding hydrogens is 412 g/mol. The number of hydrogen-bond donors (Lipinski definition) is 2. The van der Waals surface area contributed by atoms with Crippen molar-refractivity contribution in [2.75, 3.05) is 10.2 Å². The summed E-state index contributed by atoms with van der Waals surface area (Å²) < 4.78 is 1.82. The molecule has 156 valence electrons. The standard InChI is InChI=1S/C23H20N4O3S/c28-22(25-19-9-7-18(8-10-19)15-26-13-4-12-24-26)21-20(11-14-31-21)27(23(29)30)16-17-5-2-1-3-6-17/h1-14H,15-16H2,(H,25,28)(H,29,30). The number of aromatic nitrogens is 2. The van der Waals surface area contributed by atoms with Crippen LogP contribution >= 0.6 is 11.3 Å². The second-order valence-corrected chi connectivity index (χ2v) is 7.76. The first-order valence-corrected chi connectivity index (χ1v) is 10.5. The zero-order chi connectivity index (χ0) is 21.6. The van der Waals surface area contributed by atoms with Gasteiger partial charge in [0, 0.05) is 18.1 Å². The average Bonchev–Trinajstić information content (AvgIpc) is 3.46. The summed E-state index contributed by atoms with van der Waals surface area (Å²) in [4.78, 5) is 26.3. The fourth-order valence-electron chi connectivity index (χ4n) is 3.17. The molecular formula is C23H20N4O3S. The van der Waals surface area contributed by atoms with E-state index < -0.39 is 6.09 Å². The third-order valence-electron chi connectivity index (χ3n) is 4.67. The Hall–Kier alpha value is -3.91. The van der Waals surface area contributed by atoms with Crippen molar-refractivity contribution in [2.45, 2.75) is 13.1 Å². The van der Waals surface area contributed by atoms with Crippen molar-refractivity contribution in [3.63, 3.8) is 0 Å². The van der Waals surface area contributed by atoms with Gasteiger partial charge in [-0.25, -0.2) is 4.79 Å². The molecule has 2 heterocycles. The Morgan fingerprint density at radius 2 is 1.77 bits per heavy atom. The Kier molecular flexibility index (Phi) is 6.09. The topological polar surface area (TPSA) is 87.5 Å². The molecule has 0 saturated heterocycles. The van der Waals surface area contributed by atoms with Gasteiger partial charge in [0.05, 0.1) is 18.8 Å². The van der Waals surface area contributed by atoms with Gasteiger partial charge >= 0.3 is 6.09 Å². The summed E-state index contributed by atoms with van der Waals surface area (Å²) in [5.41, 5.74) is 2.90. The molecule has 8 heteroatoms. The molecule has 0 unspecified atom stereocenters. The number of benzene rings is 2. The van der Waals surface area contributed by atoms with E-state index in [1.165, 1.54) is 16.2 Å². The predicted molar refractivity (Wildman–Crippen MR) is 121 cm³/mol. The predicted octanol–water partition coefficient (Wildman–Crippen LogP) is 4.93. The molecule has 0 atom stereocenters. The molecule has 0 spiro atoms. The van der Waals surface area contributed by atoms with Crippen molar-refractivity contribution < 1.29 is 14.7 Å². The fourth-order valence-corrected chi connectivity index (χ4v) is 3.96. The van der Waals surface area contributed by atoms with Crippen LogP contribution in [0.5, 0.6) is 0 Å². The Balaban J connectivity index is 1.48. The monoisotopic (exact) mass is 432 g/mol. The molecule has 0 aliphatic carbocycles. The van der Waals surface area contributed by atoms with Crippen LogP contribution in [0.3, 0.4) is 0 Å². The van der Waals surface area contributed by atoms with Crippen molar-refractivity contribution in [3.05, 3.63) is 101 Å². The van der Waals surface area contributed by atoms with Gasteiger partial charge in [0.1, 0.15) is 4.88 Å². The summed E-state index contributed by atoms with van der Waals surface area (Å²) in [5.74, 6) is -0.343. The Morgan fingerprint density at radius 1 is 1.00 bits per heavy atom. The van der Waals surface area contributed by atoms with E-state index in [0.29, 0.717) is 22.8 Å². The normalized spacial score (nSPS) is 10.6. The van der Waals surface area contributed by atoms with Gasteiger partial charge in [-0.1, -0.05) is 42.5 Å². The third-order valence-corrected chi connectivity index (χ3v) is 5.57. The second-order valence-electron chi connectivity index (χ2n) is 6.84. The van der Waals surface area contributed by atoms with Crippen molar-refractivity contribution in [2.24, 2.45) is 0 Å². The number of carboxylic acid groups (broad SMARTS) is 1. The van der Waals surface area contributed by atoms with Crippen LogP contribution in [0.2, 0.25) is 0 Å². The summed E-state index contributed by atoms with van der Waals surface area (Å²) in [7, 11) is 0. The molecule has 0 aliphatic rings. The van der Waals surface area contributed by atoms with Gasteiger partial charge in [-0.2, -0.15) is 5.10 Å². The minimum absolute atomic E-state index is 0.162. The number of nitrogens with one attached hydrogen (secondary N) is 1. The van der Waals surface area contributed by atoms with Crippen molar-refractivity contribution in [1.29, 1.82) is 0 Å². The van der Waals surface area contributed by atoms with Crippen LogP contribution in [0.1, 0.15) is 20.8 Å². The first-order chi connectivity index (χ1) is 15.1. The number of hydrogen-bond acceptors (Lipinski definition) is 4. The molecule has 0 saturated carbocycles. The average molecular weight is 433 g/mol. The molecule has 31 heavy (non-hydrogen) atoms. The third kappa shape index (κ3) is 4.99. The highest BCUT2D eigenvalue weighted by Crippen LogP contribution is 2.29. The first-order valence-electron chi connectivity index (χ1n) is 9.60. The first kappa shape index (κ1) is 20.4. The highest BCUT2D eigenvalue weighted by Gasteiger charge is 2.23. The zero-order valence-corrected chi connectivity index (χ0v) is 17.3. The van der Waals surface area contributed by atoms with Crippen LogP contribution < -0.4 is 10.2 Å². The van der Waals surface area contributed by atoms with Crippen molar-refractivity contribution in [3.8, 4) is 0 Å². The molecule has 0 bridgehead atoms. The summed E-state index contributed by atoms with van der Waals surface area (Å²) >= 11 is 1.21. The van der Waals surface area contributed by atoms with Gasteiger partial charge in [-0.05, 0) is 40.8 Å². The van der Waals surface area contributed by atoms with Gasteiger partial charge < -0.3 is 10.4 Å². The van der Waals surface area contributed by atoms with Crippen LogP contribution in [-0.4, -0.2) is 26.9 Å². The van der Waals surface area contributed by atoms with E-state index in [0.717, 1.165) is 11.1 Å². The zero-order valence-electron chi connectivity index (χ0n) is 16.5. The van der Waals surface area contributed by atoms with E-state index in [9.17, 15) is 14.7 Å². The van der Waals surface area contributed by atoms with Crippen LogP contribution in [-0.2, 0) is 13.1 Å². The maximum Gasteiger partial charge on any atom is 0.412 e. The second kappa shape index (κ2) is 9.27. The van der Waals surface area contributed by atoms with E-state index in [4.69, 9.17) is 0 Å². The lowest BCUT2D eigenvalue weighted by molar-refractivity contribution is 0.103. The minimum Gasteiger partial charge on any atom is -0.465 e. The van der Waals surface area contributed by atoms with Crippen LogP contribution in [0.4, 0.5) is 16.2 Å². The minimum atomic E-state index is -1.11. The number of rotatable bonds is 7. The van der Waals surface area contributed by atoms with Gasteiger partial charge in [-0.15, -0.1) is 11.3 Å². The van der Waals surface area contributed by atoms with E-state index in [-0.39, 0.29) is 12.5 Å². The summed E-state index contributed by atoms with van der Waals surface area (Å²) in [5, 5.41) is 18.5. The lowest BCUT2D eigenvalue weighted by atomic mass is 10.2. The fraction of sp³-hybridized carbons (Fsp3) is 0.0870. The van der Waals surface area contributed by atoms with Crippen LogP contribution in [0.25, 0.3) is 0 Å². The molecule has 0 radical (unpaired) electrons. The summed E-state index contributed by atoms with van der Waals surface area (Å²) in [6.45, 7) is 0.804. The van der Waals surface area contributed by atoms with Gasteiger partial charge in [0.15, 0.2) is 0 Å². The highest BCUT2D eigenvalue weighted by molar-refractivity contribution is 7.12. The van der Waals surface area contributed by atoms with E-state index in [1.807, 2.05) is 71.5 Å². The maximum absolute atomic E-state index is 12.9. The Labute approximate surface area is 183 Å². The smallest absolute Gasteiger partial charge is 0.412 e. The lowest BCUT2D eigenvalue weighted by Crippen LogP contribution is -2.30. The van der Waals surface area contributed by atoms with Crippen molar-refractivity contribution in [1.82, 2.24) is 9.78 Å². The molecule has 4 rings (SSSR count). The van der Waals surface area contributed by atoms with E-state index in [1.54, 1.807) is 17.6 Å². The number of anilines is 2. The molecule has 2 amide bonds. The molecule has 2 aromatic heterocycles. The quantitative estimate of drug-likeness (QED) is 0.433. The van der Waals surface area contributed by atoms with Gasteiger partial charge in [-0.3, -0.25) is 14.4 Å². The number of carbonyl (C=O) groups excluding carboxylic acids is 1. The van der Waals surface area contributed by atoms with Crippen LogP contribution in [0.15, 0.2) is 84.5 Å². The Morgan fingerprint density at radius 3 is 2.45 bits per heavy atom. The van der Waals surface area contributed by atoms with E-state index >= 15 is 0 Å². The van der Waals surface area contributed by atoms with Gasteiger partial charge in [0.2, 0.25) is 0 Å². The van der Waals surface area contributed by atoms with Crippen LogP contribution in [0, 0.1) is 0 Å². The number of nitrogens with zero attached hydrogens (tertiary/aromatic N) is 3. The lowest BCUT2D eigenvalue weighted by Gasteiger charge is -2.19. The summed E-state index contributed by atoms with van der Waals surface area (Å²) in [6, 6.07) is 20.3. The SMILES string of the molecule is O=C(Nc1ccc(Cn2cccn2)cc1)c1sccc1N(Cc1ccccc1)C(=O)O. The molecule has 0 fully saturated rings.